The van der Waals surface area contributed by atoms with Gasteiger partial charge >= 0.3 is 0 Å². The van der Waals surface area contributed by atoms with Crippen LogP contribution in [0.4, 0.5) is 5.69 Å². The number of nitro groups is 1. The number of nitrogens with one attached hydrogen (secondary N) is 1. The van der Waals surface area contributed by atoms with E-state index in [1.807, 2.05) is 6.07 Å². The number of hydrogen-bond acceptors (Lipinski definition) is 4. The number of para-hydroxylation sites is 1. The lowest BCUT2D eigenvalue weighted by Gasteiger charge is -2.30. The van der Waals surface area contributed by atoms with Crippen LogP contribution in [0.25, 0.3) is 0 Å². The summed E-state index contributed by atoms with van der Waals surface area (Å²) in [6.07, 6.45) is 0. The van der Waals surface area contributed by atoms with Crippen molar-refractivity contribution < 1.29 is 5.03 Å². The van der Waals surface area contributed by atoms with E-state index in [1.54, 1.807) is 29.3 Å². The van der Waals surface area contributed by atoms with Crippen LogP contribution in [0.3, 0.4) is 0 Å². The molecule has 6 nitrogen and oxygen atoms in total. The molecule has 0 spiro atoms. The van der Waals surface area contributed by atoms with Crippen LogP contribution < -0.4 is 10.4 Å². The minimum atomic E-state index is -0.374. The van der Waals surface area contributed by atoms with Crippen molar-refractivity contribution in [3.63, 3.8) is 0 Å². The molecule has 0 amide bonds. The molecule has 1 fully saturated rings. The molecule has 1 heterocycles. The first-order valence-corrected chi connectivity index (χ1v) is 5.24. The number of piperazine rings is 1. The number of benzene rings is 1. The Morgan fingerprint density at radius 3 is 2.44 bits per heavy atom. The van der Waals surface area contributed by atoms with Crippen molar-refractivity contribution in [2.24, 2.45) is 0 Å². The molecule has 6 heteroatoms. The smallest absolute Gasteiger partial charge is 0.181 e. The van der Waals surface area contributed by atoms with Crippen LogP contribution >= 0.6 is 0 Å². The molecule has 0 atom stereocenters. The summed E-state index contributed by atoms with van der Waals surface area (Å²) in [6.45, 7) is 2.85. The van der Waals surface area contributed by atoms with E-state index >= 15 is 0 Å². The molecule has 0 radical (unpaired) electrons. The van der Waals surface area contributed by atoms with Crippen molar-refractivity contribution in [2.75, 3.05) is 31.3 Å². The van der Waals surface area contributed by atoms with E-state index in [2.05, 4.69) is 5.32 Å². The van der Waals surface area contributed by atoms with Gasteiger partial charge < -0.3 is 5.32 Å². The Hall–Kier alpha value is -1.66. The van der Waals surface area contributed by atoms with E-state index in [-0.39, 0.29) is 5.03 Å². The molecule has 0 saturated carbocycles. The van der Waals surface area contributed by atoms with Gasteiger partial charge in [0.1, 0.15) is 5.69 Å². The highest BCUT2D eigenvalue weighted by Crippen LogP contribution is 2.16. The molecule has 1 aromatic carbocycles. The Labute approximate surface area is 93.5 Å². The van der Waals surface area contributed by atoms with Crippen LogP contribution in [0.5, 0.6) is 0 Å². The second-order valence-corrected chi connectivity index (χ2v) is 3.57. The van der Waals surface area contributed by atoms with Crippen molar-refractivity contribution in [3.8, 4) is 0 Å². The normalized spacial score (nSPS) is 17.0. The highest BCUT2D eigenvalue weighted by Gasteiger charge is 2.26. The molecule has 1 aliphatic rings. The lowest BCUT2D eigenvalue weighted by atomic mass is 10.3. The topological polar surface area (TPSA) is 61.7 Å². The first-order chi connectivity index (χ1) is 7.79. The third kappa shape index (κ3) is 2.29. The molecule has 86 valence electrons. The fourth-order valence-electron chi connectivity index (χ4n) is 1.76. The molecule has 1 aliphatic heterocycles. The highest BCUT2D eigenvalue weighted by atomic mass is 16.7. The molecule has 1 N–H and O–H groups in total. The third-order valence-corrected chi connectivity index (χ3v) is 2.50. The van der Waals surface area contributed by atoms with Gasteiger partial charge in [-0.15, -0.1) is 0 Å². The standard InChI is InChI=1S/C10H14N4O2/c15-14(16)13(10-4-2-1-3-5-10)12-8-6-11-7-9-12/h1-5,11H,6-9H2. The van der Waals surface area contributed by atoms with Gasteiger partial charge in [0, 0.05) is 26.2 Å². The quantitative estimate of drug-likeness (QED) is 0.596. The van der Waals surface area contributed by atoms with E-state index in [9.17, 15) is 10.1 Å². The third-order valence-electron chi connectivity index (χ3n) is 2.50. The molecule has 0 aromatic heterocycles. The van der Waals surface area contributed by atoms with Crippen LogP contribution in [0.2, 0.25) is 0 Å². The lowest BCUT2D eigenvalue weighted by molar-refractivity contribution is -0.523. The van der Waals surface area contributed by atoms with Gasteiger partial charge in [0.25, 0.3) is 0 Å². The molecule has 0 unspecified atom stereocenters. The zero-order valence-corrected chi connectivity index (χ0v) is 8.87. The van der Waals surface area contributed by atoms with E-state index < -0.39 is 0 Å². The summed E-state index contributed by atoms with van der Waals surface area (Å²) in [5, 5.41) is 16.7. The van der Waals surface area contributed by atoms with Gasteiger partial charge in [-0.05, 0) is 17.3 Å². The second kappa shape index (κ2) is 4.91. The molecule has 16 heavy (non-hydrogen) atoms. The average Bonchev–Trinajstić information content (AvgIpc) is 2.31. The Morgan fingerprint density at radius 1 is 1.25 bits per heavy atom. The maximum absolute atomic E-state index is 11.1. The van der Waals surface area contributed by atoms with Gasteiger partial charge in [-0.3, -0.25) is 0 Å². The van der Waals surface area contributed by atoms with Crippen molar-refractivity contribution in [1.29, 1.82) is 0 Å². The molecule has 2 rings (SSSR count). The summed E-state index contributed by atoms with van der Waals surface area (Å²) >= 11 is 0. The molecular weight excluding hydrogens is 208 g/mol. The van der Waals surface area contributed by atoms with Gasteiger partial charge in [-0.1, -0.05) is 18.2 Å². The van der Waals surface area contributed by atoms with Crippen LogP contribution in [0, 0.1) is 10.1 Å². The number of rotatable bonds is 3. The zero-order valence-electron chi connectivity index (χ0n) is 8.87. The van der Waals surface area contributed by atoms with Gasteiger partial charge in [0.05, 0.1) is 0 Å². The maximum Gasteiger partial charge on any atom is 0.181 e. The highest BCUT2D eigenvalue weighted by molar-refractivity contribution is 5.41. The van der Waals surface area contributed by atoms with Gasteiger partial charge in [-0.2, -0.15) is 5.01 Å². The van der Waals surface area contributed by atoms with E-state index in [0.29, 0.717) is 18.8 Å². The number of hydrazine groups is 2. The zero-order chi connectivity index (χ0) is 11.4. The van der Waals surface area contributed by atoms with Crippen molar-refractivity contribution >= 4 is 5.69 Å². The number of anilines is 1. The predicted molar refractivity (Wildman–Crippen MR) is 60.4 cm³/mol. The molecule has 0 aliphatic carbocycles. The summed E-state index contributed by atoms with van der Waals surface area (Å²) < 4.78 is 0. The number of hydrogen-bond donors (Lipinski definition) is 1. The SMILES string of the molecule is O=[N+]([O-])N(c1ccccc1)N1CCNCC1. The van der Waals surface area contributed by atoms with E-state index in [0.717, 1.165) is 18.2 Å². The van der Waals surface area contributed by atoms with Crippen molar-refractivity contribution in [1.82, 2.24) is 10.3 Å². The summed E-state index contributed by atoms with van der Waals surface area (Å²) in [6, 6.07) is 8.93. The van der Waals surface area contributed by atoms with Crippen LogP contribution in [-0.2, 0) is 0 Å². The lowest BCUT2D eigenvalue weighted by Crippen LogP contribution is -2.54. The Morgan fingerprint density at radius 2 is 1.88 bits per heavy atom. The Kier molecular flexibility index (Phi) is 3.33. The maximum atomic E-state index is 11.1. The molecule has 1 aromatic rings. The van der Waals surface area contributed by atoms with Crippen LogP contribution in [0.15, 0.2) is 30.3 Å². The summed E-state index contributed by atoms with van der Waals surface area (Å²) in [4.78, 5) is 11.1. The van der Waals surface area contributed by atoms with Crippen molar-refractivity contribution in [2.45, 2.75) is 0 Å². The fourth-order valence-corrected chi connectivity index (χ4v) is 1.76. The van der Waals surface area contributed by atoms with Gasteiger partial charge in [-0.25, -0.2) is 10.1 Å². The first-order valence-electron chi connectivity index (χ1n) is 5.24. The number of nitrogens with zero attached hydrogens (tertiary/aromatic N) is 3. The summed E-state index contributed by atoms with van der Waals surface area (Å²) in [5.41, 5.74) is 0.592. The molecular formula is C10H14N4O2. The molecule has 1 saturated heterocycles. The Balaban J connectivity index is 2.20. The van der Waals surface area contributed by atoms with E-state index in [4.69, 9.17) is 0 Å². The van der Waals surface area contributed by atoms with Crippen LogP contribution in [0.1, 0.15) is 0 Å². The fraction of sp³-hybridized carbons (Fsp3) is 0.400. The average molecular weight is 222 g/mol. The van der Waals surface area contributed by atoms with E-state index in [1.165, 1.54) is 0 Å². The molecule has 0 bridgehead atoms. The first kappa shape index (κ1) is 10.8. The van der Waals surface area contributed by atoms with Gasteiger partial charge in [0.15, 0.2) is 5.03 Å². The largest absolute Gasteiger partial charge is 0.314 e. The predicted octanol–water partition coefficient (Wildman–Crippen LogP) is 0.505. The summed E-state index contributed by atoms with van der Waals surface area (Å²) in [5.74, 6) is 0. The monoisotopic (exact) mass is 222 g/mol. The van der Waals surface area contributed by atoms with Gasteiger partial charge in [0.2, 0.25) is 0 Å². The Bertz CT molecular complexity index is 351. The summed E-state index contributed by atoms with van der Waals surface area (Å²) in [7, 11) is 0. The second-order valence-electron chi connectivity index (χ2n) is 3.57. The van der Waals surface area contributed by atoms with Crippen molar-refractivity contribution in [3.05, 3.63) is 40.4 Å². The minimum absolute atomic E-state index is 0.374. The minimum Gasteiger partial charge on any atom is -0.314 e. The van der Waals surface area contributed by atoms with Crippen LogP contribution in [-0.4, -0.2) is 36.2 Å².